The van der Waals surface area contributed by atoms with Crippen LogP contribution in [0.2, 0.25) is 0 Å². The van der Waals surface area contributed by atoms with Crippen molar-refractivity contribution < 1.29 is 33.5 Å². The maximum Gasteiger partial charge on any atom is 0.407 e. The summed E-state index contributed by atoms with van der Waals surface area (Å²) in [6.45, 7) is 0. The molecule has 0 saturated heterocycles. The number of nitro groups is 1. The van der Waals surface area contributed by atoms with Crippen molar-refractivity contribution in [1.29, 1.82) is 0 Å². The molecule has 0 spiro atoms. The molecule has 0 heterocycles. The van der Waals surface area contributed by atoms with Gasteiger partial charge in [-0.2, -0.15) is 0 Å². The van der Waals surface area contributed by atoms with E-state index in [1.165, 1.54) is 48.5 Å². The summed E-state index contributed by atoms with van der Waals surface area (Å²) in [7, 11) is 1.10. The van der Waals surface area contributed by atoms with E-state index in [0.29, 0.717) is 11.1 Å². The van der Waals surface area contributed by atoms with E-state index in [-0.39, 0.29) is 18.5 Å². The van der Waals surface area contributed by atoms with Gasteiger partial charge in [-0.25, -0.2) is 14.0 Å². The third-order valence-corrected chi connectivity index (χ3v) is 4.35. The summed E-state index contributed by atoms with van der Waals surface area (Å²) in [5.74, 6) is -2.59. The SMILES string of the molecule is COC(=O)N[C@@H](Cc1ccc([N+](=O)[O-])cc1)C(=O)N[C@@H](Cc1ccc(F)cc1)C(=O)O. The molecule has 3 N–H and O–H groups in total. The Kier molecular flexibility index (Phi) is 8.01. The third-order valence-electron chi connectivity index (χ3n) is 4.35. The molecule has 0 saturated carbocycles. The number of carbonyl (C=O) groups is 3. The number of alkyl carbamates (subject to hydrolysis) is 1. The third kappa shape index (κ3) is 7.07. The van der Waals surface area contributed by atoms with Gasteiger partial charge in [0.15, 0.2) is 0 Å². The Labute approximate surface area is 176 Å². The fourth-order valence-corrected chi connectivity index (χ4v) is 2.73. The van der Waals surface area contributed by atoms with E-state index in [1.807, 2.05) is 0 Å². The standard InChI is InChI=1S/C20H20FN3O7/c1-31-20(28)23-16(10-13-4-8-15(9-5-13)24(29)30)18(25)22-17(19(26)27)11-12-2-6-14(21)7-3-12/h2-9,16-17H,10-11H2,1H3,(H,22,25)(H,23,28)(H,26,27)/t16-,17-/m0/s1. The molecule has 10 nitrogen and oxygen atoms in total. The van der Waals surface area contributed by atoms with Crippen LogP contribution in [0.5, 0.6) is 0 Å². The Morgan fingerprint density at radius 2 is 1.52 bits per heavy atom. The summed E-state index contributed by atoms with van der Waals surface area (Å²) in [5, 5.41) is 24.9. The number of carbonyl (C=O) groups excluding carboxylic acids is 2. The highest BCUT2D eigenvalue weighted by Gasteiger charge is 2.27. The lowest BCUT2D eigenvalue weighted by molar-refractivity contribution is -0.384. The first kappa shape index (κ1) is 23.3. The summed E-state index contributed by atoms with van der Waals surface area (Å²) in [6, 6.07) is 7.94. The molecular weight excluding hydrogens is 413 g/mol. The van der Waals surface area contributed by atoms with Gasteiger partial charge in [-0.1, -0.05) is 24.3 Å². The van der Waals surface area contributed by atoms with Crippen molar-refractivity contribution in [1.82, 2.24) is 10.6 Å². The molecule has 0 unspecified atom stereocenters. The molecule has 0 aliphatic heterocycles. The van der Waals surface area contributed by atoms with Gasteiger partial charge in [0, 0.05) is 25.0 Å². The molecule has 2 aromatic rings. The smallest absolute Gasteiger partial charge is 0.407 e. The number of carboxylic acid groups (broad SMARTS) is 1. The van der Waals surface area contributed by atoms with Gasteiger partial charge in [-0.3, -0.25) is 14.9 Å². The van der Waals surface area contributed by atoms with E-state index < -0.39 is 40.8 Å². The second-order valence-electron chi connectivity index (χ2n) is 6.55. The number of hydrogen-bond donors (Lipinski definition) is 3. The first-order valence-corrected chi connectivity index (χ1v) is 9.05. The number of halogens is 1. The van der Waals surface area contributed by atoms with E-state index >= 15 is 0 Å². The Morgan fingerprint density at radius 3 is 2.00 bits per heavy atom. The molecule has 2 atom stereocenters. The Balaban J connectivity index is 2.15. The van der Waals surface area contributed by atoms with Crippen LogP contribution < -0.4 is 10.6 Å². The topological polar surface area (TPSA) is 148 Å². The molecule has 164 valence electrons. The van der Waals surface area contributed by atoms with Gasteiger partial charge < -0.3 is 20.5 Å². The van der Waals surface area contributed by atoms with Gasteiger partial charge in [0.05, 0.1) is 12.0 Å². The summed E-state index contributed by atoms with van der Waals surface area (Å²) in [4.78, 5) is 46.2. The van der Waals surface area contributed by atoms with E-state index in [0.717, 1.165) is 7.11 Å². The number of nitro benzene ring substituents is 1. The average Bonchev–Trinajstić information content (AvgIpc) is 2.74. The Morgan fingerprint density at radius 1 is 1.00 bits per heavy atom. The van der Waals surface area contributed by atoms with Crippen molar-refractivity contribution in [2.24, 2.45) is 0 Å². The Bertz CT molecular complexity index is 948. The molecular formula is C20H20FN3O7. The number of aliphatic carboxylic acids is 1. The van der Waals surface area contributed by atoms with Crippen molar-refractivity contribution in [2.75, 3.05) is 7.11 Å². The van der Waals surface area contributed by atoms with Crippen molar-refractivity contribution in [3.63, 3.8) is 0 Å². The second kappa shape index (κ2) is 10.7. The number of nitrogens with one attached hydrogen (secondary N) is 2. The highest BCUT2D eigenvalue weighted by Crippen LogP contribution is 2.14. The maximum atomic E-state index is 13.1. The molecule has 0 bridgehead atoms. The highest BCUT2D eigenvalue weighted by molar-refractivity contribution is 5.89. The van der Waals surface area contributed by atoms with Crippen LogP contribution in [0.1, 0.15) is 11.1 Å². The van der Waals surface area contributed by atoms with Gasteiger partial charge >= 0.3 is 12.1 Å². The van der Waals surface area contributed by atoms with E-state index in [9.17, 15) is 34.0 Å². The predicted molar refractivity (Wildman–Crippen MR) is 106 cm³/mol. The van der Waals surface area contributed by atoms with Crippen LogP contribution in [0.4, 0.5) is 14.9 Å². The van der Waals surface area contributed by atoms with E-state index in [2.05, 4.69) is 15.4 Å². The van der Waals surface area contributed by atoms with Crippen LogP contribution in [-0.2, 0) is 27.2 Å². The summed E-state index contributed by atoms with van der Waals surface area (Å²) >= 11 is 0. The lowest BCUT2D eigenvalue weighted by Gasteiger charge is -2.21. The molecule has 0 aliphatic carbocycles. The number of ether oxygens (including phenoxy) is 1. The molecule has 2 amide bonds. The lowest BCUT2D eigenvalue weighted by atomic mass is 10.0. The van der Waals surface area contributed by atoms with Crippen LogP contribution in [0.15, 0.2) is 48.5 Å². The number of rotatable bonds is 9. The highest BCUT2D eigenvalue weighted by atomic mass is 19.1. The molecule has 31 heavy (non-hydrogen) atoms. The number of methoxy groups -OCH3 is 1. The summed E-state index contributed by atoms with van der Waals surface area (Å²) in [5.41, 5.74) is 0.838. The van der Waals surface area contributed by atoms with Crippen LogP contribution >= 0.6 is 0 Å². The van der Waals surface area contributed by atoms with Crippen molar-refractivity contribution >= 4 is 23.7 Å². The molecule has 0 aromatic heterocycles. The van der Waals surface area contributed by atoms with Crippen LogP contribution in [0.3, 0.4) is 0 Å². The minimum absolute atomic E-state index is 0.0676. The van der Waals surface area contributed by atoms with Crippen molar-refractivity contribution in [3.05, 3.63) is 75.6 Å². The fraction of sp³-hybridized carbons (Fsp3) is 0.250. The lowest BCUT2D eigenvalue weighted by Crippen LogP contribution is -2.53. The predicted octanol–water partition coefficient (Wildman–Crippen LogP) is 1.81. The normalized spacial score (nSPS) is 12.3. The second-order valence-corrected chi connectivity index (χ2v) is 6.55. The number of benzene rings is 2. The van der Waals surface area contributed by atoms with E-state index in [1.54, 1.807) is 0 Å². The zero-order valence-corrected chi connectivity index (χ0v) is 16.4. The largest absolute Gasteiger partial charge is 0.480 e. The first-order chi connectivity index (χ1) is 14.7. The zero-order valence-electron chi connectivity index (χ0n) is 16.4. The Hall–Kier alpha value is -4.02. The number of amides is 2. The van der Waals surface area contributed by atoms with Gasteiger partial charge in [0.1, 0.15) is 17.9 Å². The molecule has 11 heteroatoms. The first-order valence-electron chi connectivity index (χ1n) is 9.05. The number of nitrogens with zero attached hydrogens (tertiary/aromatic N) is 1. The summed E-state index contributed by atoms with van der Waals surface area (Å²) < 4.78 is 17.6. The molecule has 2 aromatic carbocycles. The number of hydrogen-bond acceptors (Lipinski definition) is 6. The van der Waals surface area contributed by atoms with Gasteiger partial charge in [0.25, 0.3) is 5.69 Å². The monoisotopic (exact) mass is 433 g/mol. The van der Waals surface area contributed by atoms with Crippen molar-refractivity contribution in [2.45, 2.75) is 24.9 Å². The number of carboxylic acids is 1. The van der Waals surface area contributed by atoms with Crippen molar-refractivity contribution in [3.8, 4) is 0 Å². The average molecular weight is 433 g/mol. The molecule has 0 fully saturated rings. The van der Waals surface area contributed by atoms with Crippen LogP contribution in [-0.4, -0.2) is 47.2 Å². The zero-order chi connectivity index (χ0) is 23.0. The summed E-state index contributed by atoms with van der Waals surface area (Å²) in [6.07, 6.45) is -1.08. The van der Waals surface area contributed by atoms with Gasteiger partial charge in [-0.05, 0) is 23.3 Å². The van der Waals surface area contributed by atoms with Gasteiger partial charge in [0.2, 0.25) is 5.91 Å². The maximum absolute atomic E-state index is 13.1. The fourth-order valence-electron chi connectivity index (χ4n) is 2.73. The molecule has 2 rings (SSSR count). The molecule has 0 radical (unpaired) electrons. The van der Waals surface area contributed by atoms with Crippen LogP contribution in [0, 0.1) is 15.9 Å². The minimum Gasteiger partial charge on any atom is -0.480 e. The van der Waals surface area contributed by atoms with Gasteiger partial charge in [-0.15, -0.1) is 0 Å². The van der Waals surface area contributed by atoms with E-state index in [4.69, 9.17) is 0 Å². The number of non-ortho nitro benzene ring substituents is 1. The minimum atomic E-state index is -1.34. The quantitative estimate of drug-likeness (QED) is 0.403. The van der Waals surface area contributed by atoms with Crippen LogP contribution in [0.25, 0.3) is 0 Å². The molecule has 0 aliphatic rings.